The summed E-state index contributed by atoms with van der Waals surface area (Å²) in [5.41, 5.74) is 0.980. The predicted octanol–water partition coefficient (Wildman–Crippen LogP) is 2.94. The minimum Gasteiger partial charge on any atom is -0.491 e. The topological polar surface area (TPSA) is 93.7 Å². The van der Waals surface area contributed by atoms with Gasteiger partial charge in [-0.05, 0) is 62.1 Å². The highest BCUT2D eigenvalue weighted by atomic mass is 32.2. The molecule has 7 nitrogen and oxygen atoms in total. The number of nitrogens with one attached hydrogen (secondary N) is 2. The second-order valence-electron chi connectivity index (χ2n) is 7.35. The number of rotatable bonds is 8. The zero-order chi connectivity index (χ0) is 20.3. The fraction of sp³-hybridized carbons (Fsp3) is 0.381. The fourth-order valence-corrected chi connectivity index (χ4v) is 4.41. The Morgan fingerprint density at radius 1 is 1.10 bits per heavy atom. The molecule has 4 rings (SSSR count). The lowest BCUT2D eigenvalue weighted by molar-refractivity contribution is 0.0680. The van der Waals surface area contributed by atoms with Crippen LogP contribution in [0.2, 0.25) is 0 Å². The Morgan fingerprint density at radius 3 is 2.59 bits per heavy atom. The zero-order valence-corrected chi connectivity index (χ0v) is 16.8. The molecule has 1 saturated carbocycles. The number of anilines is 1. The Hall–Kier alpha value is -2.42. The van der Waals surface area contributed by atoms with Crippen LogP contribution in [0.1, 0.15) is 36.0 Å². The summed E-state index contributed by atoms with van der Waals surface area (Å²) in [4.78, 5) is 12.7. The molecule has 154 valence electrons. The number of carbonyl (C=O) groups excluding carboxylic acids is 1. The Morgan fingerprint density at radius 2 is 1.90 bits per heavy atom. The highest BCUT2D eigenvalue weighted by Gasteiger charge is 2.28. The Bertz CT molecular complexity index is 965. The summed E-state index contributed by atoms with van der Waals surface area (Å²) in [6.07, 6.45) is 3.92. The van der Waals surface area contributed by atoms with Crippen LogP contribution < -0.4 is 14.8 Å². The zero-order valence-electron chi connectivity index (χ0n) is 16.0. The molecule has 29 heavy (non-hydrogen) atoms. The van der Waals surface area contributed by atoms with E-state index < -0.39 is 10.0 Å². The highest BCUT2D eigenvalue weighted by molar-refractivity contribution is 7.89. The molecule has 2 N–H and O–H groups in total. The summed E-state index contributed by atoms with van der Waals surface area (Å²) in [7, 11) is -3.53. The van der Waals surface area contributed by atoms with E-state index in [0.717, 1.165) is 32.3 Å². The highest BCUT2D eigenvalue weighted by Crippen LogP contribution is 2.23. The second-order valence-corrected chi connectivity index (χ2v) is 9.06. The molecule has 0 aromatic heterocycles. The molecule has 2 aromatic rings. The first kappa shape index (κ1) is 19.9. The largest absolute Gasteiger partial charge is 0.491 e. The average Bonchev–Trinajstić information content (AvgIpc) is 3.36. The van der Waals surface area contributed by atoms with Gasteiger partial charge in [0, 0.05) is 30.0 Å². The molecule has 1 aliphatic heterocycles. The molecule has 2 fully saturated rings. The standard InChI is InChI=1S/C21H24N2O5S/c24-21(15-6-10-20(11-7-15)29(25,26)23-16-8-9-16)22-17-3-1-4-18(13-17)28-14-19-5-2-12-27-19/h1,3-4,6-7,10-11,13,16,19,23H,2,5,8-9,12,14H2,(H,22,24). The van der Waals surface area contributed by atoms with E-state index in [0.29, 0.717) is 23.6 Å². The Balaban J connectivity index is 1.36. The number of ether oxygens (including phenoxy) is 2. The van der Waals surface area contributed by atoms with Gasteiger partial charge in [-0.1, -0.05) is 6.07 Å². The number of sulfonamides is 1. The number of hydrogen-bond donors (Lipinski definition) is 2. The van der Waals surface area contributed by atoms with Gasteiger partial charge in [0.2, 0.25) is 10.0 Å². The summed E-state index contributed by atoms with van der Waals surface area (Å²) < 4.78 is 38.4. The predicted molar refractivity (Wildman–Crippen MR) is 109 cm³/mol. The van der Waals surface area contributed by atoms with E-state index in [1.807, 2.05) is 6.07 Å². The molecular weight excluding hydrogens is 392 g/mol. The lowest BCUT2D eigenvalue weighted by Crippen LogP contribution is -2.25. The van der Waals surface area contributed by atoms with Crippen molar-refractivity contribution in [3.8, 4) is 5.75 Å². The molecule has 1 amide bonds. The molecule has 1 saturated heterocycles. The molecule has 0 spiro atoms. The number of hydrogen-bond acceptors (Lipinski definition) is 5. The maximum Gasteiger partial charge on any atom is 0.255 e. The Labute approximate surface area is 170 Å². The molecule has 2 aliphatic rings. The number of amides is 1. The van der Waals surface area contributed by atoms with E-state index in [1.165, 1.54) is 24.3 Å². The van der Waals surface area contributed by atoms with E-state index in [9.17, 15) is 13.2 Å². The first-order valence-corrected chi connectivity index (χ1v) is 11.3. The van der Waals surface area contributed by atoms with Crippen molar-refractivity contribution in [1.82, 2.24) is 4.72 Å². The minimum absolute atomic E-state index is 0.0395. The van der Waals surface area contributed by atoms with Crippen LogP contribution in [0.5, 0.6) is 5.75 Å². The van der Waals surface area contributed by atoms with Crippen molar-refractivity contribution in [2.75, 3.05) is 18.5 Å². The molecular formula is C21H24N2O5S. The van der Waals surface area contributed by atoms with Crippen LogP contribution in [0, 0.1) is 0 Å². The van der Waals surface area contributed by atoms with Crippen molar-refractivity contribution in [1.29, 1.82) is 0 Å². The van der Waals surface area contributed by atoms with Crippen LogP contribution in [0.15, 0.2) is 53.4 Å². The smallest absolute Gasteiger partial charge is 0.255 e. The van der Waals surface area contributed by atoms with Gasteiger partial charge in [0.25, 0.3) is 5.91 Å². The molecule has 1 unspecified atom stereocenters. The van der Waals surface area contributed by atoms with Gasteiger partial charge in [-0.3, -0.25) is 4.79 Å². The average molecular weight is 416 g/mol. The maximum absolute atomic E-state index is 12.5. The van der Waals surface area contributed by atoms with Crippen LogP contribution in [-0.2, 0) is 14.8 Å². The van der Waals surface area contributed by atoms with E-state index >= 15 is 0 Å². The third-order valence-corrected chi connectivity index (χ3v) is 6.41. The summed E-state index contributed by atoms with van der Waals surface area (Å²) in [6.45, 7) is 1.27. The monoisotopic (exact) mass is 416 g/mol. The van der Waals surface area contributed by atoms with E-state index in [4.69, 9.17) is 9.47 Å². The van der Waals surface area contributed by atoms with Crippen LogP contribution in [0.3, 0.4) is 0 Å². The minimum atomic E-state index is -3.53. The van der Waals surface area contributed by atoms with Gasteiger partial charge in [0.15, 0.2) is 0 Å². The molecule has 2 aromatic carbocycles. The van der Waals surface area contributed by atoms with Crippen molar-refractivity contribution in [3.05, 3.63) is 54.1 Å². The summed E-state index contributed by atoms with van der Waals surface area (Å²) in [6, 6.07) is 13.1. The van der Waals surface area contributed by atoms with E-state index in [2.05, 4.69) is 10.0 Å². The summed E-state index contributed by atoms with van der Waals surface area (Å²) in [5, 5.41) is 2.81. The fourth-order valence-electron chi connectivity index (χ4n) is 3.11. The first-order valence-electron chi connectivity index (χ1n) is 9.78. The van der Waals surface area contributed by atoms with Crippen molar-refractivity contribution in [3.63, 3.8) is 0 Å². The molecule has 1 aliphatic carbocycles. The van der Waals surface area contributed by atoms with Crippen LogP contribution >= 0.6 is 0 Å². The second kappa shape index (κ2) is 8.52. The van der Waals surface area contributed by atoms with Gasteiger partial charge in [-0.25, -0.2) is 13.1 Å². The third kappa shape index (κ3) is 5.35. The van der Waals surface area contributed by atoms with Crippen molar-refractivity contribution < 1.29 is 22.7 Å². The third-order valence-electron chi connectivity index (χ3n) is 4.88. The molecule has 1 heterocycles. The van der Waals surface area contributed by atoms with Gasteiger partial charge < -0.3 is 14.8 Å². The number of benzene rings is 2. The number of carbonyl (C=O) groups is 1. The van der Waals surface area contributed by atoms with Crippen molar-refractivity contribution in [2.24, 2.45) is 0 Å². The van der Waals surface area contributed by atoms with Crippen LogP contribution in [-0.4, -0.2) is 39.7 Å². The normalized spacial score (nSPS) is 19.1. The SMILES string of the molecule is O=C(Nc1cccc(OCC2CCCO2)c1)c1ccc(S(=O)(=O)NC2CC2)cc1. The van der Waals surface area contributed by atoms with Gasteiger partial charge in [0.05, 0.1) is 11.0 Å². The van der Waals surface area contributed by atoms with Crippen LogP contribution in [0.4, 0.5) is 5.69 Å². The lowest BCUT2D eigenvalue weighted by atomic mass is 10.2. The molecule has 8 heteroatoms. The maximum atomic E-state index is 12.5. The molecule has 1 atom stereocenters. The lowest BCUT2D eigenvalue weighted by Gasteiger charge is -2.13. The van der Waals surface area contributed by atoms with E-state index in [-0.39, 0.29) is 22.9 Å². The van der Waals surface area contributed by atoms with Crippen molar-refractivity contribution >= 4 is 21.6 Å². The van der Waals surface area contributed by atoms with Gasteiger partial charge in [-0.15, -0.1) is 0 Å². The van der Waals surface area contributed by atoms with E-state index in [1.54, 1.807) is 18.2 Å². The van der Waals surface area contributed by atoms with Gasteiger partial charge in [0.1, 0.15) is 12.4 Å². The molecule has 0 radical (unpaired) electrons. The van der Waals surface area contributed by atoms with Gasteiger partial charge in [-0.2, -0.15) is 0 Å². The summed E-state index contributed by atoms with van der Waals surface area (Å²) >= 11 is 0. The van der Waals surface area contributed by atoms with Crippen molar-refractivity contribution in [2.45, 2.75) is 42.7 Å². The van der Waals surface area contributed by atoms with Crippen LogP contribution in [0.25, 0.3) is 0 Å². The first-order chi connectivity index (χ1) is 14.0. The Kier molecular flexibility index (Phi) is 5.84. The molecule has 0 bridgehead atoms. The summed E-state index contributed by atoms with van der Waals surface area (Å²) in [5.74, 6) is 0.339. The van der Waals surface area contributed by atoms with Gasteiger partial charge >= 0.3 is 0 Å². The quantitative estimate of drug-likeness (QED) is 0.690.